The van der Waals surface area contributed by atoms with Crippen LogP contribution in [0.15, 0.2) is 41.0 Å². The molecule has 1 unspecified atom stereocenters. The van der Waals surface area contributed by atoms with Gasteiger partial charge in [0.2, 0.25) is 5.91 Å². The van der Waals surface area contributed by atoms with E-state index in [4.69, 9.17) is 0 Å². The standard InChI is InChI=1S/C17H14BrN3O3/c1-9-7-14(19-8-13(9)18)20-15(22)10(2)21-16(23)11-5-3-4-6-12(11)17(21)24/h3-8,10H,1-2H3,(H,19,20,22). The van der Waals surface area contributed by atoms with Crippen molar-refractivity contribution in [2.24, 2.45) is 0 Å². The lowest BCUT2D eigenvalue weighted by Crippen LogP contribution is -2.45. The quantitative estimate of drug-likeness (QED) is 0.821. The molecule has 1 aromatic carbocycles. The van der Waals surface area contributed by atoms with E-state index >= 15 is 0 Å². The lowest BCUT2D eigenvalue weighted by atomic mass is 10.1. The third kappa shape index (κ3) is 2.71. The Morgan fingerprint density at radius 2 is 1.79 bits per heavy atom. The van der Waals surface area contributed by atoms with Gasteiger partial charge < -0.3 is 5.32 Å². The molecule has 6 nitrogen and oxygen atoms in total. The van der Waals surface area contributed by atoms with Crippen LogP contribution in [0.2, 0.25) is 0 Å². The number of amides is 3. The Kier molecular flexibility index (Phi) is 4.19. The first-order valence-electron chi connectivity index (χ1n) is 7.30. The second kappa shape index (κ2) is 6.16. The zero-order valence-corrected chi connectivity index (χ0v) is 14.6. The van der Waals surface area contributed by atoms with Gasteiger partial charge in [-0.3, -0.25) is 19.3 Å². The molecule has 0 saturated carbocycles. The van der Waals surface area contributed by atoms with E-state index in [-0.39, 0.29) is 0 Å². The predicted octanol–water partition coefficient (Wildman–Crippen LogP) is 2.78. The number of fused-ring (bicyclic) bond motifs is 1. The second-order valence-corrected chi connectivity index (χ2v) is 6.36. The summed E-state index contributed by atoms with van der Waals surface area (Å²) in [5, 5.41) is 2.64. The number of nitrogens with one attached hydrogen (secondary N) is 1. The molecule has 3 rings (SSSR count). The van der Waals surface area contributed by atoms with E-state index in [0.29, 0.717) is 16.9 Å². The van der Waals surface area contributed by atoms with Crippen molar-refractivity contribution >= 4 is 39.5 Å². The van der Waals surface area contributed by atoms with Gasteiger partial charge >= 0.3 is 0 Å². The van der Waals surface area contributed by atoms with Crippen molar-refractivity contribution < 1.29 is 14.4 Å². The van der Waals surface area contributed by atoms with Crippen LogP contribution >= 0.6 is 15.9 Å². The minimum atomic E-state index is -0.942. The summed E-state index contributed by atoms with van der Waals surface area (Å²) in [7, 11) is 0. The number of nitrogens with zero attached hydrogens (tertiary/aromatic N) is 2. The van der Waals surface area contributed by atoms with Crippen molar-refractivity contribution in [2.45, 2.75) is 19.9 Å². The number of imide groups is 1. The molecule has 7 heteroatoms. The van der Waals surface area contributed by atoms with Crippen LogP contribution in [0, 0.1) is 6.92 Å². The zero-order valence-electron chi connectivity index (χ0n) is 13.0. The van der Waals surface area contributed by atoms with Crippen LogP contribution in [0.3, 0.4) is 0 Å². The van der Waals surface area contributed by atoms with Gasteiger partial charge in [0.25, 0.3) is 11.8 Å². The van der Waals surface area contributed by atoms with E-state index < -0.39 is 23.8 Å². The van der Waals surface area contributed by atoms with Gasteiger partial charge in [0.05, 0.1) is 11.1 Å². The van der Waals surface area contributed by atoms with Crippen LogP contribution in [0.4, 0.5) is 5.82 Å². The van der Waals surface area contributed by atoms with Gasteiger partial charge in [-0.25, -0.2) is 4.98 Å². The molecule has 1 aromatic heterocycles. The SMILES string of the molecule is Cc1cc(NC(=O)C(C)N2C(=O)c3ccccc3C2=O)ncc1Br. The van der Waals surface area contributed by atoms with Crippen LogP contribution in [-0.2, 0) is 4.79 Å². The fourth-order valence-corrected chi connectivity index (χ4v) is 2.73. The summed E-state index contributed by atoms with van der Waals surface area (Å²) in [5.41, 5.74) is 1.55. The molecule has 2 aromatic rings. The van der Waals surface area contributed by atoms with Crippen LogP contribution in [-0.4, -0.2) is 33.6 Å². The number of hydrogen-bond acceptors (Lipinski definition) is 4. The van der Waals surface area contributed by atoms with Crippen LogP contribution < -0.4 is 5.32 Å². The average molecular weight is 388 g/mol. The Morgan fingerprint density at radius 3 is 2.33 bits per heavy atom. The molecular formula is C17H14BrN3O3. The van der Waals surface area contributed by atoms with Gasteiger partial charge in [0.1, 0.15) is 11.9 Å². The highest BCUT2D eigenvalue weighted by molar-refractivity contribution is 9.10. The maximum Gasteiger partial charge on any atom is 0.262 e. The number of benzene rings is 1. The molecule has 24 heavy (non-hydrogen) atoms. The van der Waals surface area contributed by atoms with Gasteiger partial charge in [0.15, 0.2) is 0 Å². The topological polar surface area (TPSA) is 79.4 Å². The van der Waals surface area contributed by atoms with Crippen molar-refractivity contribution in [3.8, 4) is 0 Å². The fraction of sp³-hybridized carbons (Fsp3) is 0.176. The number of halogens is 1. The third-order valence-corrected chi connectivity index (χ3v) is 4.72. The summed E-state index contributed by atoms with van der Waals surface area (Å²) >= 11 is 3.34. The first-order valence-corrected chi connectivity index (χ1v) is 8.09. The Balaban J connectivity index is 1.80. The van der Waals surface area contributed by atoms with Gasteiger partial charge in [0, 0.05) is 10.7 Å². The molecular weight excluding hydrogens is 374 g/mol. The number of aromatic nitrogens is 1. The van der Waals surface area contributed by atoms with Crippen molar-refractivity contribution in [2.75, 3.05) is 5.32 Å². The van der Waals surface area contributed by atoms with E-state index in [9.17, 15) is 14.4 Å². The van der Waals surface area contributed by atoms with Crippen molar-refractivity contribution in [1.29, 1.82) is 0 Å². The predicted molar refractivity (Wildman–Crippen MR) is 91.7 cm³/mol. The molecule has 122 valence electrons. The second-order valence-electron chi connectivity index (χ2n) is 5.51. The molecule has 0 aliphatic carbocycles. The highest BCUT2D eigenvalue weighted by atomic mass is 79.9. The monoisotopic (exact) mass is 387 g/mol. The Hall–Kier alpha value is -2.54. The first-order chi connectivity index (χ1) is 11.4. The largest absolute Gasteiger partial charge is 0.309 e. The van der Waals surface area contributed by atoms with E-state index in [1.54, 1.807) is 36.5 Å². The van der Waals surface area contributed by atoms with Crippen LogP contribution in [0.25, 0.3) is 0 Å². The van der Waals surface area contributed by atoms with Gasteiger partial charge in [-0.15, -0.1) is 0 Å². The van der Waals surface area contributed by atoms with Crippen molar-refractivity contribution in [3.05, 3.63) is 57.7 Å². The summed E-state index contributed by atoms with van der Waals surface area (Å²) in [5.74, 6) is -1.03. The number of hydrogen-bond donors (Lipinski definition) is 1. The number of anilines is 1. The fourth-order valence-electron chi connectivity index (χ4n) is 2.52. The smallest absolute Gasteiger partial charge is 0.262 e. The molecule has 0 saturated heterocycles. The lowest BCUT2D eigenvalue weighted by molar-refractivity contribution is -0.119. The minimum Gasteiger partial charge on any atom is -0.309 e. The maximum absolute atomic E-state index is 12.4. The Morgan fingerprint density at radius 1 is 1.21 bits per heavy atom. The summed E-state index contributed by atoms with van der Waals surface area (Å²) in [4.78, 5) is 42.3. The summed E-state index contributed by atoms with van der Waals surface area (Å²) in [6, 6.07) is 7.30. The normalized spacial score (nSPS) is 14.5. The van der Waals surface area contributed by atoms with Gasteiger partial charge in [-0.05, 0) is 53.5 Å². The molecule has 3 amide bonds. The minimum absolute atomic E-state index is 0.319. The van der Waals surface area contributed by atoms with E-state index in [0.717, 1.165) is 14.9 Å². The van der Waals surface area contributed by atoms with Gasteiger partial charge in [-0.2, -0.15) is 0 Å². The molecule has 0 spiro atoms. The molecule has 0 radical (unpaired) electrons. The van der Waals surface area contributed by atoms with Crippen LogP contribution in [0.1, 0.15) is 33.2 Å². The van der Waals surface area contributed by atoms with Crippen LogP contribution in [0.5, 0.6) is 0 Å². The number of carbonyl (C=O) groups is 3. The highest BCUT2D eigenvalue weighted by Gasteiger charge is 2.40. The Labute approximate surface area is 147 Å². The molecule has 1 atom stereocenters. The Bertz CT molecular complexity index is 831. The number of aryl methyl sites for hydroxylation is 1. The third-order valence-electron chi connectivity index (χ3n) is 3.89. The summed E-state index contributed by atoms with van der Waals surface area (Å²) in [6.45, 7) is 3.39. The molecule has 1 aliphatic rings. The summed E-state index contributed by atoms with van der Waals surface area (Å²) < 4.78 is 0.828. The molecule has 1 N–H and O–H groups in total. The van der Waals surface area contributed by atoms with E-state index in [1.807, 2.05) is 6.92 Å². The summed E-state index contributed by atoms with van der Waals surface area (Å²) in [6.07, 6.45) is 1.58. The zero-order chi connectivity index (χ0) is 17.4. The van der Waals surface area contributed by atoms with E-state index in [2.05, 4.69) is 26.2 Å². The van der Waals surface area contributed by atoms with Gasteiger partial charge in [-0.1, -0.05) is 12.1 Å². The lowest BCUT2D eigenvalue weighted by Gasteiger charge is -2.21. The molecule has 2 heterocycles. The van der Waals surface area contributed by atoms with Crippen molar-refractivity contribution in [3.63, 3.8) is 0 Å². The number of carbonyl (C=O) groups excluding carboxylic acids is 3. The van der Waals surface area contributed by atoms with E-state index in [1.165, 1.54) is 6.92 Å². The maximum atomic E-state index is 12.4. The highest BCUT2D eigenvalue weighted by Crippen LogP contribution is 2.25. The molecule has 0 fully saturated rings. The number of pyridine rings is 1. The van der Waals surface area contributed by atoms with Crippen molar-refractivity contribution in [1.82, 2.24) is 9.88 Å². The number of rotatable bonds is 3. The average Bonchev–Trinajstić information content (AvgIpc) is 2.82. The molecule has 0 bridgehead atoms. The first kappa shape index (κ1) is 16.3. The molecule has 1 aliphatic heterocycles.